The standard InChI is InChI=1S/C10H18N2O4/c11-7(5-8(14)15)9(16)12-10(6-13)3-1-2-4-10/h7,13H,1-6,11H2,(H,12,16)(H,14,15). The number of carboxylic acids is 1. The largest absolute Gasteiger partial charge is 0.481 e. The monoisotopic (exact) mass is 230 g/mol. The lowest BCUT2D eigenvalue weighted by Crippen LogP contribution is -2.54. The Morgan fingerprint density at radius 2 is 1.94 bits per heavy atom. The molecule has 16 heavy (non-hydrogen) atoms. The summed E-state index contributed by atoms with van der Waals surface area (Å²) in [4.78, 5) is 22.0. The van der Waals surface area contributed by atoms with E-state index in [1.54, 1.807) is 0 Å². The Balaban J connectivity index is 2.51. The van der Waals surface area contributed by atoms with Gasteiger partial charge in [0.05, 0.1) is 24.6 Å². The van der Waals surface area contributed by atoms with Crippen molar-refractivity contribution in [2.75, 3.05) is 6.61 Å². The van der Waals surface area contributed by atoms with E-state index < -0.39 is 29.9 Å². The molecule has 0 aromatic rings. The van der Waals surface area contributed by atoms with E-state index >= 15 is 0 Å². The number of nitrogens with two attached hydrogens (primary N) is 1. The van der Waals surface area contributed by atoms with Gasteiger partial charge in [-0.15, -0.1) is 0 Å². The maximum atomic E-state index is 11.6. The molecule has 0 aliphatic heterocycles. The maximum absolute atomic E-state index is 11.6. The van der Waals surface area contributed by atoms with E-state index in [2.05, 4.69) is 5.32 Å². The lowest BCUT2D eigenvalue weighted by molar-refractivity contribution is -0.139. The number of amides is 1. The second-order valence-corrected chi connectivity index (χ2v) is 4.34. The van der Waals surface area contributed by atoms with Gasteiger partial charge in [-0.1, -0.05) is 12.8 Å². The molecular formula is C10H18N2O4. The molecule has 0 saturated heterocycles. The predicted octanol–water partition coefficient (Wildman–Crippen LogP) is -0.790. The SMILES string of the molecule is NC(CC(=O)O)C(=O)NC1(CO)CCCC1. The number of hydrogen-bond donors (Lipinski definition) is 4. The van der Waals surface area contributed by atoms with Crippen LogP contribution in [0.3, 0.4) is 0 Å². The number of rotatable bonds is 5. The van der Waals surface area contributed by atoms with Gasteiger partial charge < -0.3 is 21.3 Å². The smallest absolute Gasteiger partial charge is 0.305 e. The molecule has 0 bridgehead atoms. The average Bonchev–Trinajstić information content (AvgIpc) is 2.66. The van der Waals surface area contributed by atoms with E-state index in [1.165, 1.54) is 0 Å². The normalized spacial score (nSPS) is 20.4. The Kier molecular flexibility index (Phi) is 4.26. The summed E-state index contributed by atoms with van der Waals surface area (Å²) in [6.07, 6.45) is 2.95. The van der Waals surface area contributed by atoms with Crippen molar-refractivity contribution in [1.82, 2.24) is 5.32 Å². The number of hydrogen-bond acceptors (Lipinski definition) is 4. The Bertz CT molecular complexity index is 274. The molecule has 5 N–H and O–H groups in total. The topological polar surface area (TPSA) is 113 Å². The van der Waals surface area contributed by atoms with Crippen LogP contribution in [0.25, 0.3) is 0 Å². The first-order valence-corrected chi connectivity index (χ1v) is 5.39. The molecule has 1 saturated carbocycles. The minimum absolute atomic E-state index is 0.126. The average molecular weight is 230 g/mol. The van der Waals surface area contributed by atoms with Crippen molar-refractivity contribution < 1.29 is 19.8 Å². The van der Waals surface area contributed by atoms with Crippen molar-refractivity contribution in [1.29, 1.82) is 0 Å². The van der Waals surface area contributed by atoms with Gasteiger partial charge in [0.25, 0.3) is 0 Å². The van der Waals surface area contributed by atoms with E-state index in [-0.39, 0.29) is 6.61 Å². The summed E-state index contributed by atoms with van der Waals surface area (Å²) in [6.45, 7) is -0.126. The number of nitrogens with one attached hydrogen (secondary N) is 1. The van der Waals surface area contributed by atoms with Crippen molar-refractivity contribution in [3.8, 4) is 0 Å². The zero-order chi connectivity index (χ0) is 12.2. The van der Waals surface area contributed by atoms with Crippen molar-refractivity contribution in [2.45, 2.75) is 43.7 Å². The van der Waals surface area contributed by atoms with Crippen LogP contribution >= 0.6 is 0 Å². The molecule has 0 spiro atoms. The summed E-state index contributed by atoms with van der Waals surface area (Å²) in [6, 6.07) is -1.05. The molecule has 1 aliphatic carbocycles. The fourth-order valence-electron chi connectivity index (χ4n) is 2.01. The van der Waals surface area contributed by atoms with Crippen molar-refractivity contribution in [3.05, 3.63) is 0 Å². The summed E-state index contributed by atoms with van der Waals surface area (Å²) in [7, 11) is 0. The molecule has 1 amide bonds. The van der Waals surface area contributed by atoms with Crippen LogP contribution in [0, 0.1) is 0 Å². The van der Waals surface area contributed by atoms with E-state index in [0.29, 0.717) is 0 Å². The molecule has 1 fully saturated rings. The van der Waals surface area contributed by atoms with Crippen LogP contribution in [0.2, 0.25) is 0 Å². The molecule has 6 nitrogen and oxygen atoms in total. The molecule has 6 heteroatoms. The lowest BCUT2D eigenvalue weighted by Gasteiger charge is -2.29. The Morgan fingerprint density at radius 3 is 2.38 bits per heavy atom. The highest BCUT2D eigenvalue weighted by molar-refractivity contribution is 5.86. The molecule has 0 heterocycles. The summed E-state index contributed by atoms with van der Waals surface area (Å²) >= 11 is 0. The fraction of sp³-hybridized carbons (Fsp3) is 0.800. The third-order valence-corrected chi connectivity index (χ3v) is 2.98. The fourth-order valence-corrected chi connectivity index (χ4v) is 2.01. The summed E-state index contributed by atoms with van der Waals surface area (Å²) < 4.78 is 0. The van der Waals surface area contributed by atoms with Gasteiger partial charge in [0, 0.05) is 0 Å². The van der Waals surface area contributed by atoms with E-state index in [9.17, 15) is 14.7 Å². The van der Waals surface area contributed by atoms with E-state index in [1.807, 2.05) is 0 Å². The van der Waals surface area contributed by atoms with Gasteiger partial charge in [-0.2, -0.15) is 0 Å². The summed E-state index contributed by atoms with van der Waals surface area (Å²) in [5.74, 6) is -1.61. The number of aliphatic hydroxyl groups excluding tert-OH is 1. The molecular weight excluding hydrogens is 212 g/mol. The molecule has 0 aromatic heterocycles. The predicted molar refractivity (Wildman–Crippen MR) is 56.7 cm³/mol. The highest BCUT2D eigenvalue weighted by Crippen LogP contribution is 2.29. The second-order valence-electron chi connectivity index (χ2n) is 4.34. The summed E-state index contributed by atoms with van der Waals surface area (Å²) in [5.41, 5.74) is 4.85. The zero-order valence-corrected chi connectivity index (χ0v) is 9.11. The van der Waals surface area contributed by atoms with Crippen LogP contribution in [0.1, 0.15) is 32.1 Å². The van der Waals surface area contributed by atoms with Gasteiger partial charge in [-0.05, 0) is 12.8 Å². The van der Waals surface area contributed by atoms with Crippen LogP contribution in [-0.2, 0) is 9.59 Å². The quantitative estimate of drug-likeness (QED) is 0.494. The van der Waals surface area contributed by atoms with Crippen LogP contribution in [0.5, 0.6) is 0 Å². The van der Waals surface area contributed by atoms with Gasteiger partial charge in [0.15, 0.2) is 0 Å². The first-order chi connectivity index (χ1) is 7.49. The third-order valence-electron chi connectivity index (χ3n) is 2.98. The van der Waals surface area contributed by atoms with Gasteiger partial charge >= 0.3 is 5.97 Å². The van der Waals surface area contributed by atoms with Crippen molar-refractivity contribution in [3.63, 3.8) is 0 Å². The molecule has 1 aliphatic rings. The van der Waals surface area contributed by atoms with E-state index in [4.69, 9.17) is 10.8 Å². The van der Waals surface area contributed by atoms with Gasteiger partial charge in [-0.3, -0.25) is 9.59 Å². The Morgan fingerprint density at radius 1 is 1.38 bits per heavy atom. The Hall–Kier alpha value is -1.14. The molecule has 0 radical (unpaired) electrons. The zero-order valence-electron chi connectivity index (χ0n) is 9.11. The van der Waals surface area contributed by atoms with Crippen molar-refractivity contribution in [2.24, 2.45) is 5.73 Å². The van der Waals surface area contributed by atoms with E-state index in [0.717, 1.165) is 25.7 Å². The van der Waals surface area contributed by atoms with Gasteiger partial charge in [0.2, 0.25) is 5.91 Å². The van der Waals surface area contributed by atoms with Crippen LogP contribution in [0.4, 0.5) is 0 Å². The molecule has 92 valence electrons. The highest BCUT2D eigenvalue weighted by Gasteiger charge is 2.35. The second kappa shape index (κ2) is 5.27. The third kappa shape index (κ3) is 3.18. The molecule has 0 aromatic carbocycles. The maximum Gasteiger partial charge on any atom is 0.305 e. The number of carboxylic acid groups (broad SMARTS) is 1. The number of aliphatic carboxylic acids is 1. The highest BCUT2D eigenvalue weighted by atomic mass is 16.4. The van der Waals surface area contributed by atoms with Crippen LogP contribution < -0.4 is 11.1 Å². The number of carbonyl (C=O) groups excluding carboxylic acids is 1. The van der Waals surface area contributed by atoms with Crippen molar-refractivity contribution >= 4 is 11.9 Å². The number of carbonyl (C=O) groups is 2. The molecule has 1 atom stereocenters. The molecule has 1 rings (SSSR count). The minimum atomic E-state index is -1.10. The first kappa shape index (κ1) is 12.9. The number of aliphatic hydroxyl groups is 1. The van der Waals surface area contributed by atoms with Crippen LogP contribution in [0.15, 0.2) is 0 Å². The summed E-state index contributed by atoms with van der Waals surface area (Å²) in [5, 5.41) is 20.4. The van der Waals surface area contributed by atoms with Crippen LogP contribution in [-0.4, -0.2) is 40.3 Å². The molecule has 1 unspecified atom stereocenters. The minimum Gasteiger partial charge on any atom is -0.481 e. The van der Waals surface area contributed by atoms with Gasteiger partial charge in [0.1, 0.15) is 0 Å². The Labute approximate surface area is 93.8 Å². The van der Waals surface area contributed by atoms with Gasteiger partial charge in [-0.25, -0.2) is 0 Å². The first-order valence-electron chi connectivity index (χ1n) is 5.39. The lowest BCUT2D eigenvalue weighted by atomic mass is 9.98.